The summed E-state index contributed by atoms with van der Waals surface area (Å²) in [4.78, 5) is 39.1. The van der Waals surface area contributed by atoms with E-state index in [9.17, 15) is 9.59 Å². The number of nitrogens with zero attached hydrogens (tertiary/aromatic N) is 3. The van der Waals surface area contributed by atoms with Gasteiger partial charge in [0.05, 0.1) is 14.2 Å². The highest BCUT2D eigenvalue weighted by molar-refractivity contribution is 6.00. The average molecular weight is 664 g/mol. The Morgan fingerprint density at radius 1 is 0.980 bits per heavy atom. The van der Waals surface area contributed by atoms with Crippen molar-refractivity contribution in [2.75, 3.05) is 52.8 Å². The maximum atomic E-state index is 14.9. The van der Waals surface area contributed by atoms with Gasteiger partial charge >= 0.3 is 6.03 Å². The van der Waals surface area contributed by atoms with E-state index in [4.69, 9.17) is 9.47 Å². The van der Waals surface area contributed by atoms with Crippen LogP contribution >= 0.6 is 0 Å². The van der Waals surface area contributed by atoms with Crippen LogP contribution in [0.25, 0.3) is 10.9 Å². The maximum Gasteiger partial charge on any atom is 0.318 e. The smallest absolute Gasteiger partial charge is 0.318 e. The van der Waals surface area contributed by atoms with Crippen molar-refractivity contribution in [3.8, 4) is 11.5 Å². The molecule has 0 saturated carbocycles. The summed E-state index contributed by atoms with van der Waals surface area (Å²) in [5.41, 5.74) is 6.29. The number of hydrogen-bond acceptors (Lipinski definition) is 5. The number of piperidine rings is 1. The SMILES string of the molecule is COc1cc2c(cc1OC)CC1(CCCCN1C(=O)N[C@H](Cc1c[nH]c3ccccc13)C(=O)N1C[C@@H](CN(C)C)Cc3ccccc31)CC2. The first-order chi connectivity index (χ1) is 23.8. The molecule has 1 fully saturated rings. The number of anilines is 1. The molecular weight excluding hydrogens is 614 g/mol. The lowest BCUT2D eigenvalue weighted by atomic mass is 9.72. The summed E-state index contributed by atoms with van der Waals surface area (Å²) in [6.07, 6.45) is 8.73. The summed E-state index contributed by atoms with van der Waals surface area (Å²) >= 11 is 0. The van der Waals surface area contributed by atoms with Crippen molar-refractivity contribution < 1.29 is 19.1 Å². The van der Waals surface area contributed by atoms with Gasteiger partial charge in [0.1, 0.15) is 6.04 Å². The molecule has 2 N–H and O–H groups in total. The number of benzene rings is 3. The molecule has 1 spiro atoms. The summed E-state index contributed by atoms with van der Waals surface area (Å²) < 4.78 is 11.2. The molecule has 49 heavy (non-hydrogen) atoms. The minimum Gasteiger partial charge on any atom is -0.493 e. The van der Waals surface area contributed by atoms with Gasteiger partial charge in [0.15, 0.2) is 11.5 Å². The van der Waals surface area contributed by atoms with Crippen molar-refractivity contribution in [3.05, 3.63) is 89.1 Å². The Labute approximate surface area is 289 Å². The van der Waals surface area contributed by atoms with E-state index in [1.165, 1.54) is 16.7 Å². The number of amides is 3. The Kier molecular flexibility index (Phi) is 9.29. The topological polar surface area (TPSA) is 90.1 Å². The maximum absolute atomic E-state index is 14.9. The molecule has 2 aliphatic heterocycles. The van der Waals surface area contributed by atoms with Gasteiger partial charge in [-0.2, -0.15) is 0 Å². The number of carbonyl (C=O) groups is 2. The lowest BCUT2D eigenvalue weighted by Gasteiger charge is -2.50. The monoisotopic (exact) mass is 663 g/mol. The number of carbonyl (C=O) groups excluding carboxylic acids is 2. The molecule has 7 rings (SSSR count). The van der Waals surface area contributed by atoms with E-state index < -0.39 is 6.04 Å². The van der Waals surface area contributed by atoms with Crippen molar-refractivity contribution in [1.29, 1.82) is 0 Å². The number of likely N-dealkylation sites (tertiary alicyclic amines) is 1. The molecule has 3 heterocycles. The van der Waals surface area contributed by atoms with Gasteiger partial charge in [-0.15, -0.1) is 0 Å². The van der Waals surface area contributed by atoms with Crippen molar-refractivity contribution in [2.45, 2.75) is 62.9 Å². The molecule has 1 aliphatic carbocycles. The van der Waals surface area contributed by atoms with Crippen LogP contribution in [0.2, 0.25) is 0 Å². The summed E-state index contributed by atoms with van der Waals surface area (Å²) in [6.45, 7) is 2.16. The number of rotatable bonds is 8. The van der Waals surface area contributed by atoms with Crippen LogP contribution in [-0.4, -0.2) is 86.3 Å². The lowest BCUT2D eigenvalue weighted by molar-refractivity contribution is -0.120. The molecule has 1 aromatic heterocycles. The van der Waals surface area contributed by atoms with Gasteiger partial charge in [0.2, 0.25) is 5.91 Å². The minimum absolute atomic E-state index is 0.0635. The molecule has 3 aromatic carbocycles. The van der Waals surface area contributed by atoms with E-state index >= 15 is 0 Å². The van der Waals surface area contributed by atoms with Crippen molar-refractivity contribution in [1.82, 2.24) is 20.1 Å². The largest absolute Gasteiger partial charge is 0.493 e. The predicted molar refractivity (Wildman–Crippen MR) is 194 cm³/mol. The number of aromatic nitrogens is 1. The van der Waals surface area contributed by atoms with Crippen LogP contribution < -0.4 is 19.7 Å². The summed E-state index contributed by atoms with van der Waals surface area (Å²) in [5, 5.41) is 4.41. The number of aromatic amines is 1. The predicted octanol–water partition coefficient (Wildman–Crippen LogP) is 5.99. The number of hydrogen-bond donors (Lipinski definition) is 2. The number of methoxy groups -OCH3 is 2. The van der Waals surface area contributed by atoms with E-state index in [0.717, 1.165) is 79.4 Å². The van der Waals surface area contributed by atoms with Crippen LogP contribution in [0.4, 0.5) is 10.5 Å². The molecule has 3 aliphatic rings. The Morgan fingerprint density at radius 3 is 2.53 bits per heavy atom. The van der Waals surface area contributed by atoms with Crippen LogP contribution in [0.1, 0.15) is 47.9 Å². The fraction of sp³-hybridized carbons (Fsp3) is 0.450. The van der Waals surface area contributed by atoms with Crippen molar-refractivity contribution >= 4 is 28.5 Å². The number of urea groups is 1. The highest BCUT2D eigenvalue weighted by Crippen LogP contribution is 2.43. The van der Waals surface area contributed by atoms with Crippen LogP contribution in [0.5, 0.6) is 11.5 Å². The zero-order valence-electron chi connectivity index (χ0n) is 29.3. The summed E-state index contributed by atoms with van der Waals surface area (Å²) in [6, 6.07) is 19.7. The fourth-order valence-corrected chi connectivity index (χ4v) is 8.69. The molecule has 0 radical (unpaired) electrons. The third kappa shape index (κ3) is 6.48. The number of fused-ring (bicyclic) bond motifs is 3. The number of aryl methyl sites for hydroxylation is 1. The van der Waals surface area contributed by atoms with Gasteiger partial charge in [0, 0.05) is 54.4 Å². The average Bonchev–Trinajstić information content (AvgIpc) is 3.52. The molecule has 258 valence electrons. The molecular formula is C40H49N5O4. The first kappa shape index (κ1) is 33.0. The number of nitrogens with one attached hydrogen (secondary N) is 2. The van der Waals surface area contributed by atoms with Gasteiger partial charge in [-0.1, -0.05) is 36.4 Å². The Morgan fingerprint density at radius 2 is 1.73 bits per heavy atom. The molecule has 1 unspecified atom stereocenters. The zero-order chi connectivity index (χ0) is 34.1. The first-order valence-corrected chi connectivity index (χ1v) is 17.7. The molecule has 9 nitrogen and oxygen atoms in total. The van der Waals surface area contributed by atoms with E-state index in [-0.39, 0.29) is 17.5 Å². The normalized spacial score (nSPS) is 21.0. The second kappa shape index (κ2) is 13.8. The summed E-state index contributed by atoms with van der Waals surface area (Å²) in [5.74, 6) is 1.68. The quantitative estimate of drug-likeness (QED) is 0.242. The number of H-pyrrole nitrogens is 1. The highest BCUT2D eigenvalue weighted by atomic mass is 16.5. The summed E-state index contributed by atoms with van der Waals surface area (Å²) in [7, 11) is 7.49. The third-order valence-electron chi connectivity index (χ3n) is 11.0. The van der Waals surface area contributed by atoms with Crippen LogP contribution in [0.3, 0.4) is 0 Å². The van der Waals surface area contributed by atoms with Crippen LogP contribution in [-0.2, 0) is 30.5 Å². The molecule has 1 saturated heterocycles. The van der Waals surface area contributed by atoms with Gasteiger partial charge in [-0.3, -0.25) is 4.79 Å². The molecule has 4 aromatic rings. The standard InChI is InChI=1S/C40H49N5O4/c1-43(2)25-27-19-29-11-5-8-14-35(29)44(26-27)38(46)34(20-31-24-41-33-13-7-6-12-32(31)33)42-39(47)45-18-10-9-16-40(45)17-15-28-21-36(48-3)37(49-4)22-30(28)23-40/h5-8,11-14,21-22,24,27,34,41H,9-10,15-20,23,25-26H2,1-4H3,(H,42,47)/t27-,34-,40?/m1/s1. The van der Waals surface area contributed by atoms with Gasteiger partial charge in [-0.05, 0) is 111 Å². The van der Waals surface area contributed by atoms with E-state index in [2.05, 4.69) is 64.5 Å². The van der Waals surface area contributed by atoms with E-state index in [1.807, 2.05) is 41.4 Å². The highest BCUT2D eigenvalue weighted by Gasteiger charge is 2.45. The Hall–Kier alpha value is -4.50. The van der Waals surface area contributed by atoms with Crippen LogP contribution in [0.15, 0.2) is 66.9 Å². The molecule has 9 heteroatoms. The molecule has 3 amide bonds. The fourth-order valence-electron chi connectivity index (χ4n) is 8.69. The Balaban J connectivity index is 1.21. The third-order valence-corrected chi connectivity index (χ3v) is 11.0. The lowest BCUT2D eigenvalue weighted by Crippen LogP contribution is -2.62. The molecule has 0 bridgehead atoms. The molecule has 3 atom stereocenters. The van der Waals surface area contributed by atoms with Crippen LogP contribution in [0, 0.1) is 5.92 Å². The van der Waals surface area contributed by atoms with Crippen molar-refractivity contribution in [2.24, 2.45) is 5.92 Å². The second-order valence-electron chi connectivity index (χ2n) is 14.5. The second-order valence-corrected chi connectivity index (χ2v) is 14.5. The Bertz CT molecular complexity index is 1830. The van der Waals surface area contributed by atoms with Crippen molar-refractivity contribution in [3.63, 3.8) is 0 Å². The van der Waals surface area contributed by atoms with E-state index in [0.29, 0.717) is 31.2 Å². The minimum atomic E-state index is -0.739. The van der Waals surface area contributed by atoms with Gasteiger partial charge in [0.25, 0.3) is 0 Å². The zero-order valence-corrected chi connectivity index (χ0v) is 29.3. The number of ether oxygens (including phenoxy) is 2. The number of para-hydroxylation sites is 2. The van der Waals surface area contributed by atoms with Gasteiger partial charge < -0.3 is 34.5 Å². The first-order valence-electron chi connectivity index (χ1n) is 17.7. The van der Waals surface area contributed by atoms with E-state index in [1.54, 1.807) is 14.2 Å². The van der Waals surface area contributed by atoms with Gasteiger partial charge in [-0.25, -0.2) is 4.79 Å².